The molecule has 0 radical (unpaired) electrons. The number of hydrogen-bond acceptors (Lipinski definition) is 7. The Morgan fingerprint density at radius 1 is 1.12 bits per heavy atom. The Hall–Kier alpha value is -3.17. The summed E-state index contributed by atoms with van der Waals surface area (Å²) in [6, 6.07) is 11.5. The Balaban J connectivity index is 1.65. The fourth-order valence-corrected chi connectivity index (χ4v) is 3.46. The van der Waals surface area contributed by atoms with Crippen molar-refractivity contribution < 1.29 is 28.2 Å². The number of amides is 1. The van der Waals surface area contributed by atoms with Crippen molar-refractivity contribution in [2.45, 2.75) is 13.3 Å². The zero-order valence-corrected chi connectivity index (χ0v) is 19.2. The molecule has 1 heterocycles. The quantitative estimate of drug-likeness (QED) is 0.206. The zero-order valence-electron chi connectivity index (χ0n) is 17.6. The number of fused-ring (bicyclic) bond motifs is 1. The van der Waals surface area contributed by atoms with Crippen LogP contribution in [0.15, 0.2) is 56.1 Å². The van der Waals surface area contributed by atoms with Gasteiger partial charge in [0.05, 0.1) is 4.47 Å². The number of methoxy groups -OCH3 is 1. The monoisotopic (exact) mass is 503 g/mol. The van der Waals surface area contributed by atoms with E-state index in [1.807, 2.05) is 19.1 Å². The van der Waals surface area contributed by atoms with Crippen molar-refractivity contribution in [1.82, 2.24) is 5.32 Å². The molecule has 0 aliphatic rings. The van der Waals surface area contributed by atoms with Gasteiger partial charge in [0.1, 0.15) is 22.6 Å². The first-order valence-corrected chi connectivity index (χ1v) is 10.6. The van der Waals surface area contributed by atoms with Crippen LogP contribution in [-0.2, 0) is 9.53 Å². The zero-order chi connectivity index (χ0) is 23.1. The first-order valence-electron chi connectivity index (χ1n) is 9.82. The molecule has 3 aromatic rings. The van der Waals surface area contributed by atoms with Crippen LogP contribution in [-0.4, -0.2) is 38.7 Å². The van der Waals surface area contributed by atoms with Crippen molar-refractivity contribution in [3.63, 3.8) is 0 Å². The molecule has 0 aliphatic heterocycles. The van der Waals surface area contributed by atoms with Crippen molar-refractivity contribution in [2.24, 2.45) is 0 Å². The van der Waals surface area contributed by atoms with E-state index in [1.165, 1.54) is 12.1 Å². The number of nitrogens with one attached hydrogen (secondary N) is 1. The molecule has 0 saturated heterocycles. The molecule has 0 saturated carbocycles. The molecule has 3 rings (SSSR count). The highest BCUT2D eigenvalue weighted by atomic mass is 79.9. The van der Waals surface area contributed by atoms with Crippen molar-refractivity contribution >= 4 is 38.8 Å². The maximum atomic E-state index is 12.2. The highest BCUT2D eigenvalue weighted by molar-refractivity contribution is 9.10. The largest absolute Gasteiger partial charge is 0.481 e. The van der Waals surface area contributed by atoms with Crippen LogP contribution in [0.5, 0.6) is 11.5 Å². The van der Waals surface area contributed by atoms with E-state index in [2.05, 4.69) is 21.2 Å². The number of carbonyl (C=O) groups is 2. The highest BCUT2D eigenvalue weighted by Crippen LogP contribution is 2.26. The molecule has 1 amide bonds. The maximum absolute atomic E-state index is 12.2. The molecule has 0 atom stereocenters. The summed E-state index contributed by atoms with van der Waals surface area (Å²) in [4.78, 5) is 36.6. The third-order valence-electron chi connectivity index (χ3n) is 4.43. The predicted octanol–water partition coefficient (Wildman–Crippen LogP) is 3.61. The van der Waals surface area contributed by atoms with E-state index >= 15 is 0 Å². The first-order chi connectivity index (χ1) is 15.4. The summed E-state index contributed by atoms with van der Waals surface area (Å²) in [5.74, 6) is -0.433. The van der Waals surface area contributed by atoms with Gasteiger partial charge in [0.2, 0.25) is 0 Å². The van der Waals surface area contributed by atoms with E-state index in [0.29, 0.717) is 30.7 Å². The van der Waals surface area contributed by atoms with Gasteiger partial charge in [-0.1, -0.05) is 6.07 Å². The van der Waals surface area contributed by atoms with Gasteiger partial charge in [-0.05, 0) is 65.2 Å². The van der Waals surface area contributed by atoms with Gasteiger partial charge in [-0.3, -0.25) is 4.79 Å². The number of carbonyl (C=O) groups excluding carboxylic acids is 2. The Kier molecular flexibility index (Phi) is 8.02. The standard InChI is InChI=1S/C23H22BrNO7/c1-14-4-7-19(18(24)10-14)30-13-21(26)31-16-6-5-15-11-17(23(28)32-20(15)12-16)22(27)25-8-3-9-29-2/h4-7,10-12H,3,8-9,13H2,1-2H3,(H,25,27). The van der Waals surface area contributed by atoms with Gasteiger partial charge < -0.3 is 23.9 Å². The molecule has 1 aromatic heterocycles. The number of halogens is 1. The van der Waals surface area contributed by atoms with Crippen LogP contribution in [0.1, 0.15) is 22.3 Å². The summed E-state index contributed by atoms with van der Waals surface area (Å²) in [7, 11) is 1.57. The molecule has 32 heavy (non-hydrogen) atoms. The summed E-state index contributed by atoms with van der Waals surface area (Å²) in [6.45, 7) is 2.52. The van der Waals surface area contributed by atoms with E-state index in [0.717, 1.165) is 10.0 Å². The van der Waals surface area contributed by atoms with Gasteiger partial charge in [-0.15, -0.1) is 0 Å². The predicted molar refractivity (Wildman–Crippen MR) is 121 cm³/mol. The lowest BCUT2D eigenvalue weighted by molar-refractivity contribution is -0.136. The molecule has 0 aliphatic carbocycles. The van der Waals surface area contributed by atoms with Crippen molar-refractivity contribution in [1.29, 1.82) is 0 Å². The van der Waals surface area contributed by atoms with Gasteiger partial charge in [0.15, 0.2) is 6.61 Å². The molecule has 2 aromatic carbocycles. The Morgan fingerprint density at radius 3 is 2.69 bits per heavy atom. The van der Waals surface area contributed by atoms with Crippen LogP contribution in [0.4, 0.5) is 0 Å². The van der Waals surface area contributed by atoms with Gasteiger partial charge >= 0.3 is 11.6 Å². The molecule has 0 fully saturated rings. The normalized spacial score (nSPS) is 10.7. The minimum atomic E-state index is -0.780. The van der Waals surface area contributed by atoms with Crippen LogP contribution in [0.25, 0.3) is 11.0 Å². The molecule has 8 nitrogen and oxygen atoms in total. The number of benzene rings is 2. The number of ether oxygens (including phenoxy) is 3. The highest BCUT2D eigenvalue weighted by Gasteiger charge is 2.15. The SMILES string of the molecule is COCCCNC(=O)c1cc2ccc(OC(=O)COc3ccc(C)cc3Br)cc2oc1=O. The molecule has 1 N–H and O–H groups in total. The summed E-state index contributed by atoms with van der Waals surface area (Å²) < 4.78 is 21.6. The average Bonchev–Trinajstić information content (AvgIpc) is 2.75. The summed E-state index contributed by atoms with van der Waals surface area (Å²) in [5, 5.41) is 3.17. The lowest BCUT2D eigenvalue weighted by Crippen LogP contribution is -2.29. The fourth-order valence-electron chi connectivity index (χ4n) is 2.85. The van der Waals surface area contributed by atoms with Crippen LogP contribution < -0.4 is 20.4 Å². The minimum absolute atomic E-state index is 0.100. The van der Waals surface area contributed by atoms with Gasteiger partial charge in [-0.2, -0.15) is 0 Å². The van der Waals surface area contributed by atoms with Crippen LogP contribution >= 0.6 is 15.9 Å². The van der Waals surface area contributed by atoms with Gasteiger partial charge in [-0.25, -0.2) is 9.59 Å². The van der Waals surface area contributed by atoms with Gasteiger partial charge in [0, 0.05) is 31.7 Å². The maximum Gasteiger partial charge on any atom is 0.349 e. The molecule has 0 spiro atoms. The van der Waals surface area contributed by atoms with Crippen LogP contribution in [0.3, 0.4) is 0 Å². The van der Waals surface area contributed by atoms with Crippen molar-refractivity contribution in [2.75, 3.05) is 26.9 Å². The number of hydrogen-bond donors (Lipinski definition) is 1. The van der Waals surface area contributed by atoms with Gasteiger partial charge in [0.25, 0.3) is 5.91 Å². The smallest absolute Gasteiger partial charge is 0.349 e. The number of aryl methyl sites for hydroxylation is 1. The Bertz CT molecular complexity index is 1190. The Labute approximate surface area is 192 Å². The van der Waals surface area contributed by atoms with E-state index in [9.17, 15) is 14.4 Å². The molecule has 0 bridgehead atoms. The molecule has 9 heteroatoms. The third-order valence-corrected chi connectivity index (χ3v) is 5.05. The van der Waals surface area contributed by atoms with E-state index in [-0.39, 0.29) is 23.5 Å². The van der Waals surface area contributed by atoms with E-state index in [1.54, 1.807) is 25.3 Å². The average molecular weight is 504 g/mol. The summed E-state index contributed by atoms with van der Waals surface area (Å²) in [6.07, 6.45) is 0.625. The van der Waals surface area contributed by atoms with Crippen LogP contribution in [0.2, 0.25) is 0 Å². The molecular weight excluding hydrogens is 482 g/mol. The third kappa shape index (κ3) is 6.18. The number of esters is 1. The van der Waals surface area contributed by atoms with Crippen LogP contribution in [0, 0.1) is 6.92 Å². The fraction of sp³-hybridized carbons (Fsp3) is 0.261. The number of rotatable bonds is 9. The Morgan fingerprint density at radius 2 is 1.94 bits per heavy atom. The second-order valence-corrected chi connectivity index (χ2v) is 7.80. The van der Waals surface area contributed by atoms with E-state index < -0.39 is 17.5 Å². The van der Waals surface area contributed by atoms with Crippen molar-refractivity contribution in [3.8, 4) is 11.5 Å². The van der Waals surface area contributed by atoms with Crippen molar-refractivity contribution in [3.05, 3.63) is 68.5 Å². The lowest BCUT2D eigenvalue weighted by Gasteiger charge is -2.09. The second kappa shape index (κ2) is 10.9. The topological polar surface area (TPSA) is 104 Å². The minimum Gasteiger partial charge on any atom is -0.481 e. The molecule has 168 valence electrons. The van der Waals surface area contributed by atoms with E-state index in [4.69, 9.17) is 18.6 Å². The molecular formula is C23H22BrNO7. The summed E-state index contributed by atoms with van der Waals surface area (Å²) in [5.41, 5.74) is 0.365. The summed E-state index contributed by atoms with van der Waals surface area (Å²) >= 11 is 3.38. The molecule has 0 unspecified atom stereocenters. The first kappa shape index (κ1) is 23.5. The lowest BCUT2D eigenvalue weighted by atomic mass is 10.1. The second-order valence-electron chi connectivity index (χ2n) is 6.95.